The molecule has 0 aliphatic heterocycles. The van der Waals surface area contributed by atoms with Crippen molar-refractivity contribution in [3.05, 3.63) is 52.9 Å². The highest BCUT2D eigenvalue weighted by Gasteiger charge is 2.44. The minimum atomic E-state index is -5.01. The third kappa shape index (κ3) is 7.30. The number of fused-ring (bicyclic) bond motifs is 1. The van der Waals surface area contributed by atoms with Gasteiger partial charge in [0.05, 0.1) is 16.9 Å². The lowest BCUT2D eigenvalue weighted by atomic mass is 9.73. The van der Waals surface area contributed by atoms with Crippen LogP contribution in [0.15, 0.2) is 29.8 Å². The van der Waals surface area contributed by atoms with E-state index in [0.29, 0.717) is 30.9 Å². The summed E-state index contributed by atoms with van der Waals surface area (Å²) in [5, 5.41) is -1.34. The Morgan fingerprint density at radius 1 is 0.900 bits per heavy atom. The summed E-state index contributed by atoms with van der Waals surface area (Å²) in [6.45, 7) is 2.19. The average Bonchev–Trinajstić information content (AvgIpc) is 2.88. The Morgan fingerprint density at radius 3 is 2.25 bits per heavy atom. The summed E-state index contributed by atoms with van der Waals surface area (Å²) in [4.78, 5) is 0. The van der Waals surface area contributed by atoms with Gasteiger partial charge in [0.25, 0.3) is 0 Å². The van der Waals surface area contributed by atoms with Crippen LogP contribution in [0.3, 0.4) is 0 Å². The fourth-order valence-electron chi connectivity index (χ4n) is 5.96. The molecule has 2 aromatic rings. The molecule has 40 heavy (non-hydrogen) atoms. The van der Waals surface area contributed by atoms with Crippen LogP contribution in [0.4, 0.5) is 35.1 Å². The number of unbranched alkanes of at least 4 members (excludes halogenated alkanes) is 2. The Hall–Kier alpha value is -2.76. The van der Waals surface area contributed by atoms with Crippen LogP contribution in [0, 0.1) is 47.0 Å². The molecule has 0 radical (unpaired) electrons. The Balaban J connectivity index is 1.42. The van der Waals surface area contributed by atoms with E-state index in [-0.39, 0.29) is 18.8 Å². The van der Waals surface area contributed by atoms with Gasteiger partial charge in [-0.05, 0) is 74.3 Å². The van der Waals surface area contributed by atoms with Crippen molar-refractivity contribution in [3.8, 4) is 17.6 Å². The molecule has 2 aliphatic carbocycles. The molecule has 0 heterocycles. The molecule has 218 valence electrons. The summed E-state index contributed by atoms with van der Waals surface area (Å²) in [5.74, 6) is -3.21. The SMILES string of the molecule is CCCCCC1CC=C(C2CCC(C(F)(F)Oc3cc(F)c4c(F)c(C#CC(F)(F)F)c(F)cc4c3)CC2)CC1. The zero-order valence-electron chi connectivity index (χ0n) is 22.3. The maximum atomic E-state index is 15.1. The monoisotopic (exact) mass is 572 g/mol. The number of benzene rings is 2. The molecule has 1 atom stereocenters. The minimum absolute atomic E-state index is 0.218. The normalized spacial score (nSPS) is 22.0. The van der Waals surface area contributed by atoms with Gasteiger partial charge in [-0.15, -0.1) is 0 Å². The molecule has 0 spiro atoms. The third-order valence-electron chi connectivity index (χ3n) is 8.13. The molecule has 4 rings (SSSR count). The predicted octanol–water partition coefficient (Wildman–Crippen LogP) is 10.3. The number of rotatable bonds is 8. The Bertz CT molecular complexity index is 1290. The van der Waals surface area contributed by atoms with E-state index in [1.165, 1.54) is 37.2 Å². The van der Waals surface area contributed by atoms with E-state index in [1.54, 1.807) is 0 Å². The first kappa shape index (κ1) is 30.2. The number of alkyl halides is 5. The van der Waals surface area contributed by atoms with E-state index in [2.05, 4.69) is 13.0 Å². The summed E-state index contributed by atoms with van der Waals surface area (Å²) in [6, 6.07) is 1.91. The first-order valence-electron chi connectivity index (χ1n) is 13.8. The largest absolute Gasteiger partial charge is 0.458 e. The van der Waals surface area contributed by atoms with Crippen molar-refractivity contribution in [2.24, 2.45) is 17.8 Å². The van der Waals surface area contributed by atoms with Gasteiger partial charge in [-0.1, -0.05) is 50.2 Å². The van der Waals surface area contributed by atoms with Gasteiger partial charge in [0.1, 0.15) is 17.4 Å². The molecule has 2 aromatic carbocycles. The van der Waals surface area contributed by atoms with Crippen LogP contribution in [0.2, 0.25) is 0 Å². The standard InChI is InChI=1S/C31H32F8O/c1-2-3-4-5-19-6-8-20(9-7-19)21-10-12-23(13-11-21)31(38,39)40-24-16-22-17-26(32)25(14-15-30(35,36)37)29(34)28(22)27(33)18-24/h8,16-19,21,23H,2-7,9-13H2,1H3. The Morgan fingerprint density at radius 2 is 1.62 bits per heavy atom. The van der Waals surface area contributed by atoms with E-state index >= 15 is 8.78 Å². The minimum Gasteiger partial charge on any atom is -0.432 e. The van der Waals surface area contributed by atoms with Crippen molar-refractivity contribution in [1.29, 1.82) is 0 Å². The number of ether oxygens (including phenoxy) is 1. The van der Waals surface area contributed by atoms with Crippen molar-refractivity contribution in [3.63, 3.8) is 0 Å². The number of allylic oxidation sites excluding steroid dienone is 2. The summed E-state index contributed by atoms with van der Waals surface area (Å²) < 4.78 is 116. The molecule has 0 N–H and O–H groups in total. The molecule has 9 heteroatoms. The van der Waals surface area contributed by atoms with E-state index in [1.807, 2.05) is 0 Å². The van der Waals surface area contributed by atoms with Gasteiger partial charge in [0.15, 0.2) is 5.82 Å². The summed E-state index contributed by atoms with van der Waals surface area (Å²) >= 11 is 0. The van der Waals surface area contributed by atoms with Gasteiger partial charge in [0, 0.05) is 12.0 Å². The first-order valence-corrected chi connectivity index (χ1v) is 13.8. The van der Waals surface area contributed by atoms with Crippen LogP contribution in [0.25, 0.3) is 10.8 Å². The zero-order chi connectivity index (χ0) is 29.1. The molecule has 1 unspecified atom stereocenters. The quantitative estimate of drug-likeness (QED) is 0.132. The van der Waals surface area contributed by atoms with Gasteiger partial charge in [-0.25, -0.2) is 13.2 Å². The highest BCUT2D eigenvalue weighted by atomic mass is 19.4. The number of halogens is 8. The van der Waals surface area contributed by atoms with Gasteiger partial charge >= 0.3 is 12.3 Å². The average molecular weight is 573 g/mol. The fourth-order valence-corrected chi connectivity index (χ4v) is 5.96. The van der Waals surface area contributed by atoms with Gasteiger partial charge in [0.2, 0.25) is 0 Å². The van der Waals surface area contributed by atoms with Crippen molar-refractivity contribution in [2.75, 3.05) is 0 Å². The van der Waals surface area contributed by atoms with Gasteiger partial charge in [-0.2, -0.15) is 22.0 Å². The van der Waals surface area contributed by atoms with Crippen molar-refractivity contribution in [1.82, 2.24) is 0 Å². The van der Waals surface area contributed by atoms with Crippen LogP contribution < -0.4 is 4.74 Å². The van der Waals surface area contributed by atoms with E-state index in [4.69, 9.17) is 4.74 Å². The molecule has 2 aliphatic rings. The van der Waals surface area contributed by atoms with Crippen LogP contribution >= 0.6 is 0 Å². The predicted molar refractivity (Wildman–Crippen MR) is 137 cm³/mol. The van der Waals surface area contributed by atoms with Crippen LogP contribution in [-0.2, 0) is 0 Å². The molecule has 0 bridgehead atoms. The number of hydrogen-bond acceptors (Lipinski definition) is 1. The molecular weight excluding hydrogens is 540 g/mol. The summed E-state index contributed by atoms with van der Waals surface area (Å²) in [5.41, 5.74) is 0.0916. The Labute approximate surface area is 229 Å². The first-order chi connectivity index (χ1) is 18.9. The van der Waals surface area contributed by atoms with Crippen LogP contribution in [0.5, 0.6) is 5.75 Å². The van der Waals surface area contributed by atoms with Gasteiger partial charge < -0.3 is 4.74 Å². The molecule has 0 amide bonds. The molecule has 1 saturated carbocycles. The van der Waals surface area contributed by atoms with E-state index < -0.39 is 57.7 Å². The topological polar surface area (TPSA) is 9.23 Å². The van der Waals surface area contributed by atoms with Crippen molar-refractivity contribution >= 4 is 10.8 Å². The highest BCUT2D eigenvalue weighted by molar-refractivity contribution is 5.87. The Kier molecular flexibility index (Phi) is 9.36. The summed E-state index contributed by atoms with van der Waals surface area (Å²) in [6.07, 6.45) is 3.38. The van der Waals surface area contributed by atoms with E-state index in [9.17, 15) is 26.3 Å². The maximum Gasteiger partial charge on any atom is 0.458 e. The summed E-state index contributed by atoms with van der Waals surface area (Å²) in [7, 11) is 0. The maximum absolute atomic E-state index is 15.1. The second-order valence-electron chi connectivity index (χ2n) is 10.9. The smallest absolute Gasteiger partial charge is 0.432 e. The molecular formula is C31H32F8O. The molecule has 0 aromatic heterocycles. The second-order valence-corrected chi connectivity index (χ2v) is 10.9. The molecule has 1 fully saturated rings. The number of hydrogen-bond donors (Lipinski definition) is 0. The van der Waals surface area contributed by atoms with Crippen LogP contribution in [0.1, 0.15) is 83.1 Å². The van der Waals surface area contributed by atoms with Crippen LogP contribution in [-0.4, -0.2) is 12.3 Å². The van der Waals surface area contributed by atoms with Crippen molar-refractivity contribution < 1.29 is 39.9 Å². The molecule has 0 saturated heterocycles. The second kappa shape index (κ2) is 12.4. The molecule has 1 nitrogen and oxygen atoms in total. The zero-order valence-corrected chi connectivity index (χ0v) is 22.3. The van der Waals surface area contributed by atoms with Crippen molar-refractivity contribution in [2.45, 2.75) is 89.8 Å². The lowest BCUT2D eigenvalue weighted by molar-refractivity contribution is -0.223. The highest BCUT2D eigenvalue weighted by Crippen LogP contribution is 2.44. The fraction of sp³-hybridized carbons (Fsp3) is 0.548. The van der Waals surface area contributed by atoms with Gasteiger partial charge in [-0.3, -0.25) is 0 Å². The third-order valence-corrected chi connectivity index (χ3v) is 8.13. The van der Waals surface area contributed by atoms with E-state index in [0.717, 1.165) is 31.2 Å². The lowest BCUT2D eigenvalue weighted by Crippen LogP contribution is -2.37. The lowest BCUT2D eigenvalue weighted by Gasteiger charge is -2.35.